The summed E-state index contributed by atoms with van der Waals surface area (Å²) in [5.41, 5.74) is 1.60. The van der Waals surface area contributed by atoms with Gasteiger partial charge in [-0.1, -0.05) is 0 Å². The average molecular weight is 215 g/mol. The van der Waals surface area contributed by atoms with Gasteiger partial charge in [-0.2, -0.15) is 0 Å². The van der Waals surface area contributed by atoms with Crippen molar-refractivity contribution in [3.05, 3.63) is 26.1 Å². The lowest BCUT2D eigenvalue weighted by molar-refractivity contribution is 1.17. The molecule has 2 rings (SSSR count). The van der Waals surface area contributed by atoms with Crippen molar-refractivity contribution in [2.45, 2.75) is 13.8 Å². The van der Waals surface area contributed by atoms with E-state index in [9.17, 15) is 4.79 Å². The Morgan fingerprint density at radius 1 is 1.46 bits per heavy atom. The fourth-order valence-electron chi connectivity index (χ4n) is 1.18. The van der Waals surface area contributed by atoms with Gasteiger partial charge in [0.2, 0.25) is 5.28 Å². The van der Waals surface area contributed by atoms with Gasteiger partial charge in [0, 0.05) is 4.88 Å². The van der Waals surface area contributed by atoms with E-state index in [1.54, 1.807) is 0 Å². The van der Waals surface area contributed by atoms with Crippen molar-refractivity contribution in [3.63, 3.8) is 0 Å². The van der Waals surface area contributed by atoms with E-state index in [1.165, 1.54) is 11.3 Å². The summed E-state index contributed by atoms with van der Waals surface area (Å²) >= 11 is 7.09. The third kappa shape index (κ3) is 1.26. The molecular formula is C8H7ClN2OS. The van der Waals surface area contributed by atoms with Crippen LogP contribution >= 0.6 is 22.9 Å². The Bertz CT molecular complexity index is 529. The molecule has 0 atom stereocenters. The molecule has 2 aromatic heterocycles. The number of aromatic nitrogens is 2. The van der Waals surface area contributed by atoms with Crippen LogP contribution in [0.5, 0.6) is 0 Å². The second kappa shape index (κ2) is 2.82. The highest BCUT2D eigenvalue weighted by Crippen LogP contribution is 2.25. The maximum atomic E-state index is 11.4. The SMILES string of the molecule is Cc1sc2c(=O)[nH]c(Cl)nc2c1C. The van der Waals surface area contributed by atoms with Crippen LogP contribution in [0.4, 0.5) is 0 Å². The van der Waals surface area contributed by atoms with Gasteiger partial charge in [-0.05, 0) is 31.0 Å². The van der Waals surface area contributed by atoms with Gasteiger partial charge in [-0.25, -0.2) is 4.98 Å². The molecule has 13 heavy (non-hydrogen) atoms. The van der Waals surface area contributed by atoms with Gasteiger partial charge >= 0.3 is 0 Å². The highest BCUT2D eigenvalue weighted by atomic mass is 35.5. The normalized spacial score (nSPS) is 11.0. The minimum absolute atomic E-state index is 0.151. The lowest BCUT2D eigenvalue weighted by Crippen LogP contribution is -2.05. The van der Waals surface area contributed by atoms with Gasteiger partial charge in [0.25, 0.3) is 5.56 Å². The van der Waals surface area contributed by atoms with Crippen LogP contribution in [-0.2, 0) is 0 Å². The zero-order valence-electron chi connectivity index (χ0n) is 7.14. The molecule has 0 fully saturated rings. The van der Waals surface area contributed by atoms with Gasteiger partial charge in [-0.3, -0.25) is 9.78 Å². The summed E-state index contributed by atoms with van der Waals surface area (Å²) in [6.45, 7) is 3.91. The fourth-order valence-corrected chi connectivity index (χ4v) is 2.35. The number of rotatable bonds is 0. The summed E-state index contributed by atoms with van der Waals surface area (Å²) in [5.74, 6) is 0. The first-order valence-electron chi connectivity index (χ1n) is 3.75. The Balaban J connectivity index is 3.03. The highest BCUT2D eigenvalue weighted by Gasteiger charge is 2.10. The molecule has 3 nitrogen and oxygen atoms in total. The van der Waals surface area contributed by atoms with Crippen molar-refractivity contribution in [2.24, 2.45) is 0 Å². The number of halogens is 1. The third-order valence-electron chi connectivity index (χ3n) is 1.99. The molecule has 0 aromatic carbocycles. The van der Waals surface area contributed by atoms with Crippen LogP contribution in [0.15, 0.2) is 4.79 Å². The minimum atomic E-state index is -0.156. The lowest BCUT2D eigenvalue weighted by Gasteiger charge is -1.91. The molecule has 0 saturated carbocycles. The van der Waals surface area contributed by atoms with Crippen LogP contribution in [0, 0.1) is 13.8 Å². The molecule has 0 saturated heterocycles. The van der Waals surface area contributed by atoms with Crippen molar-refractivity contribution in [2.75, 3.05) is 0 Å². The standard InChI is InChI=1S/C8H7ClN2OS/c1-3-4(2)13-6-5(3)10-8(9)11-7(6)12/h1-2H3,(H,10,11,12). The minimum Gasteiger partial charge on any atom is -0.296 e. The smallest absolute Gasteiger partial charge is 0.269 e. The van der Waals surface area contributed by atoms with E-state index in [2.05, 4.69) is 9.97 Å². The number of nitrogens with one attached hydrogen (secondary N) is 1. The maximum Gasteiger partial charge on any atom is 0.269 e. The molecule has 0 aliphatic heterocycles. The summed E-state index contributed by atoms with van der Waals surface area (Å²) in [6.07, 6.45) is 0. The average Bonchev–Trinajstić information content (AvgIpc) is 2.32. The summed E-state index contributed by atoms with van der Waals surface area (Å²) in [6, 6.07) is 0. The number of fused-ring (bicyclic) bond motifs is 1. The molecule has 5 heteroatoms. The maximum absolute atomic E-state index is 11.4. The predicted octanol–water partition coefficient (Wildman–Crippen LogP) is 2.25. The van der Waals surface area contributed by atoms with Gasteiger partial charge in [0.05, 0.1) is 5.52 Å². The molecular weight excluding hydrogens is 208 g/mol. The van der Waals surface area contributed by atoms with Crippen molar-refractivity contribution < 1.29 is 0 Å². The Labute approximate surface area is 83.4 Å². The van der Waals surface area contributed by atoms with E-state index in [4.69, 9.17) is 11.6 Å². The second-order valence-corrected chi connectivity index (χ2v) is 4.40. The lowest BCUT2D eigenvalue weighted by atomic mass is 10.2. The Kier molecular flexibility index (Phi) is 1.89. The molecule has 2 heterocycles. The van der Waals surface area contributed by atoms with E-state index in [1.807, 2.05) is 13.8 Å². The van der Waals surface area contributed by atoms with E-state index in [0.717, 1.165) is 16.0 Å². The molecule has 0 unspecified atom stereocenters. The first kappa shape index (κ1) is 8.72. The molecule has 0 bridgehead atoms. The molecule has 68 valence electrons. The number of nitrogens with zero attached hydrogens (tertiary/aromatic N) is 1. The molecule has 0 amide bonds. The molecule has 0 radical (unpaired) electrons. The topological polar surface area (TPSA) is 45.8 Å². The Hall–Kier alpha value is -0.870. The number of H-pyrrole nitrogens is 1. The number of hydrogen-bond donors (Lipinski definition) is 1. The molecule has 0 spiro atoms. The third-order valence-corrected chi connectivity index (χ3v) is 3.36. The molecule has 0 aliphatic carbocycles. The number of thiophene rings is 1. The van der Waals surface area contributed by atoms with Crippen LogP contribution < -0.4 is 5.56 Å². The van der Waals surface area contributed by atoms with Crippen molar-refractivity contribution in [1.82, 2.24) is 9.97 Å². The van der Waals surface area contributed by atoms with E-state index in [0.29, 0.717) is 4.70 Å². The number of aromatic amines is 1. The van der Waals surface area contributed by atoms with Crippen LogP contribution in [-0.4, -0.2) is 9.97 Å². The largest absolute Gasteiger partial charge is 0.296 e. The van der Waals surface area contributed by atoms with E-state index in [-0.39, 0.29) is 10.8 Å². The number of hydrogen-bond acceptors (Lipinski definition) is 3. The van der Waals surface area contributed by atoms with Crippen LogP contribution in [0.1, 0.15) is 10.4 Å². The van der Waals surface area contributed by atoms with Gasteiger partial charge in [0.15, 0.2) is 0 Å². The summed E-state index contributed by atoms with van der Waals surface area (Å²) in [5, 5.41) is 0.151. The van der Waals surface area contributed by atoms with Crippen molar-refractivity contribution >= 4 is 33.2 Å². The monoisotopic (exact) mass is 214 g/mol. The van der Waals surface area contributed by atoms with Gasteiger partial charge in [-0.15, -0.1) is 11.3 Å². The summed E-state index contributed by atoms with van der Waals surface area (Å²) in [7, 11) is 0. The highest BCUT2D eigenvalue weighted by molar-refractivity contribution is 7.19. The van der Waals surface area contributed by atoms with Crippen molar-refractivity contribution in [1.29, 1.82) is 0 Å². The van der Waals surface area contributed by atoms with Crippen LogP contribution in [0.25, 0.3) is 10.2 Å². The van der Waals surface area contributed by atoms with E-state index >= 15 is 0 Å². The van der Waals surface area contributed by atoms with Gasteiger partial charge in [0.1, 0.15) is 4.70 Å². The summed E-state index contributed by atoms with van der Waals surface area (Å²) in [4.78, 5) is 19.0. The number of aryl methyl sites for hydroxylation is 2. The second-order valence-electron chi connectivity index (χ2n) is 2.82. The Morgan fingerprint density at radius 2 is 2.15 bits per heavy atom. The zero-order chi connectivity index (χ0) is 9.59. The van der Waals surface area contributed by atoms with Crippen LogP contribution in [0.2, 0.25) is 5.28 Å². The van der Waals surface area contributed by atoms with E-state index < -0.39 is 0 Å². The Morgan fingerprint density at radius 3 is 2.85 bits per heavy atom. The van der Waals surface area contributed by atoms with Crippen LogP contribution in [0.3, 0.4) is 0 Å². The quantitative estimate of drug-likeness (QED) is 0.684. The molecule has 0 aliphatic rings. The predicted molar refractivity (Wildman–Crippen MR) is 54.7 cm³/mol. The molecule has 2 aromatic rings. The summed E-state index contributed by atoms with van der Waals surface area (Å²) < 4.78 is 0.652. The fraction of sp³-hybridized carbons (Fsp3) is 0.250. The van der Waals surface area contributed by atoms with Crippen molar-refractivity contribution in [3.8, 4) is 0 Å². The zero-order valence-corrected chi connectivity index (χ0v) is 8.71. The molecule has 1 N–H and O–H groups in total. The first-order valence-corrected chi connectivity index (χ1v) is 4.94. The first-order chi connectivity index (χ1) is 6.09. The van der Waals surface area contributed by atoms with Gasteiger partial charge < -0.3 is 0 Å².